The summed E-state index contributed by atoms with van der Waals surface area (Å²) in [6.45, 7) is 3.37. The molecule has 3 aromatic heterocycles. The first-order chi connectivity index (χ1) is 17.9. The fraction of sp³-hybridized carbons (Fsp3) is 0.269. The standard InChI is InChI=1S/C26H26N6O4S/c1-16-13-19-22(28-26(30-24(19)37-16)29-23(35)21(34)15-33)31-9-11-32(12-10-31)25(36)18-7-8-20(27-14-18)17-5-3-2-4-6-17/h2-8,13-14,21,33-34H,9-12,15H2,1H3,(H,28,29,30,35)/t21-/m0/s1. The highest BCUT2D eigenvalue weighted by atomic mass is 32.1. The number of benzene rings is 1. The van der Waals surface area contributed by atoms with E-state index >= 15 is 0 Å². The first-order valence-electron chi connectivity index (χ1n) is 11.9. The van der Waals surface area contributed by atoms with E-state index in [1.54, 1.807) is 11.1 Å². The van der Waals surface area contributed by atoms with E-state index in [-0.39, 0.29) is 11.9 Å². The summed E-state index contributed by atoms with van der Waals surface area (Å²) in [6, 6.07) is 15.5. The minimum Gasteiger partial charge on any atom is -0.393 e. The van der Waals surface area contributed by atoms with Gasteiger partial charge < -0.3 is 20.0 Å². The number of aromatic nitrogens is 3. The molecule has 0 saturated carbocycles. The summed E-state index contributed by atoms with van der Waals surface area (Å²) in [6.07, 6.45) is 0.0631. The van der Waals surface area contributed by atoms with Crippen LogP contribution in [0.3, 0.4) is 0 Å². The van der Waals surface area contributed by atoms with Gasteiger partial charge in [-0.2, -0.15) is 4.98 Å². The van der Waals surface area contributed by atoms with E-state index in [9.17, 15) is 14.7 Å². The Bertz CT molecular complexity index is 1420. The van der Waals surface area contributed by atoms with Gasteiger partial charge in [0.1, 0.15) is 10.6 Å². The van der Waals surface area contributed by atoms with Crippen molar-refractivity contribution in [2.75, 3.05) is 43.0 Å². The van der Waals surface area contributed by atoms with Gasteiger partial charge in [0.15, 0.2) is 6.10 Å². The number of piperazine rings is 1. The molecule has 37 heavy (non-hydrogen) atoms. The fourth-order valence-corrected chi connectivity index (χ4v) is 5.08. The van der Waals surface area contributed by atoms with Crippen LogP contribution >= 0.6 is 11.3 Å². The maximum absolute atomic E-state index is 13.1. The number of rotatable bonds is 6. The summed E-state index contributed by atoms with van der Waals surface area (Å²) in [5, 5.41) is 22.0. The molecule has 3 N–H and O–H groups in total. The lowest BCUT2D eigenvalue weighted by Crippen LogP contribution is -2.49. The fourth-order valence-electron chi connectivity index (χ4n) is 4.20. The number of hydrogen-bond donors (Lipinski definition) is 3. The Morgan fingerprint density at radius 1 is 1.08 bits per heavy atom. The first-order valence-corrected chi connectivity index (χ1v) is 12.7. The van der Waals surface area contributed by atoms with Crippen molar-refractivity contribution in [3.8, 4) is 11.3 Å². The Kier molecular flexibility index (Phi) is 7.08. The van der Waals surface area contributed by atoms with Crippen molar-refractivity contribution >= 4 is 45.1 Å². The molecule has 0 spiro atoms. The van der Waals surface area contributed by atoms with Crippen molar-refractivity contribution in [2.45, 2.75) is 13.0 Å². The molecule has 1 aliphatic rings. The molecule has 10 nitrogen and oxygen atoms in total. The second-order valence-corrected chi connectivity index (χ2v) is 9.95. The maximum Gasteiger partial charge on any atom is 0.257 e. The van der Waals surface area contributed by atoms with Crippen LogP contribution in [0.4, 0.5) is 11.8 Å². The van der Waals surface area contributed by atoms with Crippen LogP contribution in [0.2, 0.25) is 0 Å². The lowest BCUT2D eigenvalue weighted by Gasteiger charge is -2.35. The number of anilines is 2. The molecule has 0 radical (unpaired) electrons. The zero-order chi connectivity index (χ0) is 25.9. The van der Waals surface area contributed by atoms with E-state index in [0.29, 0.717) is 42.4 Å². The van der Waals surface area contributed by atoms with Crippen molar-refractivity contribution < 1.29 is 19.8 Å². The summed E-state index contributed by atoms with van der Waals surface area (Å²) >= 11 is 1.48. The van der Waals surface area contributed by atoms with Crippen LogP contribution < -0.4 is 10.2 Å². The van der Waals surface area contributed by atoms with Gasteiger partial charge in [-0.3, -0.25) is 19.9 Å². The second-order valence-electron chi connectivity index (χ2n) is 8.71. The highest BCUT2D eigenvalue weighted by Gasteiger charge is 2.26. The normalized spacial score (nSPS) is 14.6. The number of nitrogens with one attached hydrogen (secondary N) is 1. The van der Waals surface area contributed by atoms with Crippen LogP contribution in [-0.2, 0) is 4.79 Å². The monoisotopic (exact) mass is 518 g/mol. The predicted molar refractivity (Wildman–Crippen MR) is 142 cm³/mol. The molecule has 5 rings (SSSR count). The Morgan fingerprint density at radius 2 is 1.84 bits per heavy atom. The smallest absolute Gasteiger partial charge is 0.257 e. The molecule has 1 aliphatic heterocycles. The van der Waals surface area contributed by atoms with Crippen LogP contribution in [-0.4, -0.2) is 80.8 Å². The Labute approximate surface area is 217 Å². The van der Waals surface area contributed by atoms with E-state index in [2.05, 4.69) is 25.2 Å². The molecule has 0 unspecified atom stereocenters. The van der Waals surface area contributed by atoms with Crippen LogP contribution in [0.5, 0.6) is 0 Å². The molecule has 1 aromatic carbocycles. The van der Waals surface area contributed by atoms with Gasteiger partial charge in [0.2, 0.25) is 5.95 Å². The maximum atomic E-state index is 13.1. The van der Waals surface area contributed by atoms with Crippen molar-refractivity contribution in [2.24, 2.45) is 0 Å². The van der Waals surface area contributed by atoms with Crippen LogP contribution in [0.15, 0.2) is 54.7 Å². The first kappa shape index (κ1) is 24.8. The summed E-state index contributed by atoms with van der Waals surface area (Å²) in [4.78, 5) is 44.2. The topological polar surface area (TPSA) is 132 Å². The number of aliphatic hydroxyl groups is 2. The molecule has 11 heteroatoms. The third kappa shape index (κ3) is 5.29. The lowest BCUT2D eigenvalue weighted by molar-refractivity contribution is -0.125. The summed E-state index contributed by atoms with van der Waals surface area (Å²) in [5.41, 5.74) is 2.35. The average Bonchev–Trinajstić information content (AvgIpc) is 3.32. The molecular formula is C26H26N6O4S. The Morgan fingerprint density at radius 3 is 2.51 bits per heavy atom. The molecule has 0 aliphatic carbocycles. The predicted octanol–water partition coefficient (Wildman–Crippen LogP) is 2.32. The van der Waals surface area contributed by atoms with Crippen LogP contribution in [0, 0.1) is 6.92 Å². The van der Waals surface area contributed by atoms with Crippen LogP contribution in [0.1, 0.15) is 15.2 Å². The third-order valence-corrected chi connectivity index (χ3v) is 7.10. The molecule has 1 atom stereocenters. The summed E-state index contributed by atoms with van der Waals surface area (Å²) in [7, 11) is 0. The highest BCUT2D eigenvalue weighted by molar-refractivity contribution is 7.18. The number of carbonyl (C=O) groups excluding carboxylic acids is 2. The largest absolute Gasteiger partial charge is 0.393 e. The number of thiophene rings is 1. The molecule has 0 bridgehead atoms. The molecular weight excluding hydrogens is 492 g/mol. The van der Waals surface area contributed by atoms with Gasteiger partial charge >= 0.3 is 0 Å². The molecule has 4 aromatic rings. The molecule has 190 valence electrons. The number of fused-ring (bicyclic) bond motifs is 1. The number of aliphatic hydroxyl groups excluding tert-OH is 2. The van der Waals surface area contributed by atoms with Gasteiger partial charge in [-0.05, 0) is 25.1 Å². The summed E-state index contributed by atoms with van der Waals surface area (Å²) in [5.74, 6) is -0.130. The lowest BCUT2D eigenvalue weighted by atomic mass is 10.1. The van der Waals surface area contributed by atoms with Crippen molar-refractivity contribution in [1.29, 1.82) is 0 Å². The third-order valence-electron chi connectivity index (χ3n) is 6.15. The molecule has 1 saturated heterocycles. The van der Waals surface area contributed by atoms with E-state index in [4.69, 9.17) is 5.11 Å². The van der Waals surface area contributed by atoms with E-state index in [0.717, 1.165) is 21.5 Å². The number of carbonyl (C=O) groups is 2. The molecule has 2 amide bonds. The van der Waals surface area contributed by atoms with E-state index in [1.807, 2.05) is 55.5 Å². The van der Waals surface area contributed by atoms with Crippen molar-refractivity contribution in [3.05, 3.63) is 65.2 Å². The zero-order valence-electron chi connectivity index (χ0n) is 20.2. The van der Waals surface area contributed by atoms with E-state index in [1.165, 1.54) is 11.3 Å². The van der Waals surface area contributed by atoms with Crippen LogP contribution in [0.25, 0.3) is 21.5 Å². The Balaban J connectivity index is 1.30. The quantitative estimate of drug-likeness (QED) is 0.354. The van der Waals surface area contributed by atoms with Gasteiger partial charge in [-0.25, -0.2) is 4.98 Å². The van der Waals surface area contributed by atoms with Gasteiger partial charge in [0.05, 0.1) is 23.3 Å². The summed E-state index contributed by atoms with van der Waals surface area (Å²) < 4.78 is 0. The van der Waals surface area contributed by atoms with Gasteiger partial charge in [-0.15, -0.1) is 11.3 Å². The minimum absolute atomic E-state index is 0.0601. The zero-order valence-corrected chi connectivity index (χ0v) is 21.0. The molecule has 1 fully saturated rings. The van der Waals surface area contributed by atoms with Gasteiger partial charge in [-0.1, -0.05) is 30.3 Å². The number of hydrogen-bond acceptors (Lipinski definition) is 9. The van der Waals surface area contributed by atoms with Crippen molar-refractivity contribution in [1.82, 2.24) is 19.9 Å². The van der Waals surface area contributed by atoms with Crippen molar-refractivity contribution in [3.63, 3.8) is 0 Å². The number of nitrogens with zero attached hydrogens (tertiary/aromatic N) is 5. The minimum atomic E-state index is -1.56. The molecule has 4 heterocycles. The van der Waals surface area contributed by atoms with Gasteiger partial charge in [0.25, 0.3) is 11.8 Å². The number of pyridine rings is 1. The highest BCUT2D eigenvalue weighted by Crippen LogP contribution is 2.32. The Hall–Kier alpha value is -3.93. The average molecular weight is 519 g/mol. The number of aryl methyl sites for hydroxylation is 1. The van der Waals surface area contributed by atoms with Gasteiger partial charge in [0, 0.05) is 42.8 Å². The number of amides is 2. The SMILES string of the molecule is Cc1cc2c(N3CCN(C(=O)c4ccc(-c5ccccc5)nc4)CC3)nc(NC(=O)[C@@H](O)CO)nc2s1. The van der Waals surface area contributed by atoms with E-state index < -0.39 is 18.6 Å². The second kappa shape index (κ2) is 10.6.